The standard InChI is InChI=1S/C17H19N5O4S/c1-5-10-7-18-15-13(16(24)22(4)17(25)21(15)3)14(10)27-8-12(23)19-11-6-9(2)26-20-11/h6-7H,5,8H2,1-4H3,(H,19,20,23). The fourth-order valence-corrected chi connectivity index (χ4v) is 3.75. The Morgan fingerprint density at radius 3 is 2.67 bits per heavy atom. The molecule has 0 radical (unpaired) electrons. The van der Waals surface area contributed by atoms with E-state index in [0.717, 1.165) is 10.1 Å². The summed E-state index contributed by atoms with van der Waals surface area (Å²) in [5.74, 6) is 0.730. The molecule has 0 aliphatic carbocycles. The first-order valence-corrected chi connectivity index (χ1v) is 9.25. The fraction of sp³-hybridized carbons (Fsp3) is 0.353. The first-order chi connectivity index (χ1) is 12.8. The summed E-state index contributed by atoms with van der Waals surface area (Å²) in [6.45, 7) is 3.67. The van der Waals surface area contributed by atoms with Crippen molar-refractivity contribution in [2.75, 3.05) is 11.1 Å². The number of amides is 1. The minimum absolute atomic E-state index is 0.0734. The average Bonchev–Trinajstić information content (AvgIpc) is 3.06. The van der Waals surface area contributed by atoms with Gasteiger partial charge in [-0.2, -0.15) is 0 Å². The zero-order chi connectivity index (χ0) is 19.7. The molecule has 0 saturated carbocycles. The molecule has 0 aliphatic heterocycles. The van der Waals surface area contributed by atoms with Crippen molar-refractivity contribution < 1.29 is 9.32 Å². The molecule has 1 N–H and O–H groups in total. The summed E-state index contributed by atoms with van der Waals surface area (Å²) in [6.07, 6.45) is 2.28. The van der Waals surface area contributed by atoms with Crippen LogP contribution in [0.3, 0.4) is 0 Å². The van der Waals surface area contributed by atoms with Crippen LogP contribution >= 0.6 is 11.8 Å². The van der Waals surface area contributed by atoms with Gasteiger partial charge in [-0.25, -0.2) is 9.78 Å². The van der Waals surface area contributed by atoms with Crippen LogP contribution in [-0.2, 0) is 25.3 Å². The Bertz CT molecular complexity index is 1140. The van der Waals surface area contributed by atoms with Crippen LogP contribution in [0.15, 0.2) is 31.3 Å². The largest absolute Gasteiger partial charge is 0.360 e. The van der Waals surface area contributed by atoms with E-state index in [1.165, 1.54) is 23.4 Å². The zero-order valence-electron chi connectivity index (χ0n) is 15.4. The van der Waals surface area contributed by atoms with Crippen molar-refractivity contribution >= 4 is 34.5 Å². The third-order valence-electron chi connectivity index (χ3n) is 4.12. The molecule has 142 valence electrons. The molecule has 0 atom stereocenters. The van der Waals surface area contributed by atoms with E-state index in [1.54, 1.807) is 26.2 Å². The summed E-state index contributed by atoms with van der Waals surface area (Å²) in [5, 5.41) is 6.71. The molecule has 3 heterocycles. The minimum Gasteiger partial charge on any atom is -0.360 e. The smallest absolute Gasteiger partial charge is 0.332 e. The lowest BCUT2D eigenvalue weighted by Crippen LogP contribution is -2.37. The van der Waals surface area contributed by atoms with Gasteiger partial charge in [0.1, 0.15) is 11.4 Å². The molecule has 1 amide bonds. The second-order valence-corrected chi connectivity index (χ2v) is 7.02. The Labute approximate surface area is 158 Å². The Morgan fingerprint density at radius 2 is 2.04 bits per heavy atom. The van der Waals surface area contributed by atoms with Gasteiger partial charge < -0.3 is 9.84 Å². The third kappa shape index (κ3) is 3.52. The lowest BCUT2D eigenvalue weighted by Gasteiger charge is -2.13. The molecule has 10 heteroatoms. The Kier molecular flexibility index (Phi) is 5.17. The number of pyridine rings is 1. The number of hydrogen-bond acceptors (Lipinski definition) is 7. The van der Waals surface area contributed by atoms with Crippen LogP contribution in [0.1, 0.15) is 18.2 Å². The molecule has 0 aromatic carbocycles. The van der Waals surface area contributed by atoms with E-state index >= 15 is 0 Å². The highest BCUT2D eigenvalue weighted by atomic mass is 32.2. The number of aryl methyl sites for hydroxylation is 3. The molecule has 3 rings (SSSR count). The molecule has 9 nitrogen and oxygen atoms in total. The number of carbonyl (C=O) groups excluding carboxylic acids is 1. The van der Waals surface area contributed by atoms with Gasteiger partial charge in [-0.15, -0.1) is 11.8 Å². The summed E-state index contributed by atoms with van der Waals surface area (Å²) in [7, 11) is 2.99. The van der Waals surface area contributed by atoms with Crippen LogP contribution < -0.4 is 16.6 Å². The highest BCUT2D eigenvalue weighted by molar-refractivity contribution is 8.00. The second kappa shape index (κ2) is 7.39. The van der Waals surface area contributed by atoms with Gasteiger partial charge in [0.25, 0.3) is 5.56 Å². The van der Waals surface area contributed by atoms with Gasteiger partial charge in [-0.1, -0.05) is 12.1 Å². The average molecular weight is 389 g/mol. The maximum Gasteiger partial charge on any atom is 0.332 e. The van der Waals surface area contributed by atoms with Crippen LogP contribution in [0, 0.1) is 6.92 Å². The fourth-order valence-electron chi connectivity index (χ4n) is 2.70. The first kappa shape index (κ1) is 18.9. The lowest BCUT2D eigenvalue weighted by molar-refractivity contribution is -0.113. The molecule has 0 saturated heterocycles. The number of carbonyl (C=O) groups is 1. The number of aromatic nitrogens is 4. The van der Waals surface area contributed by atoms with Gasteiger partial charge >= 0.3 is 5.69 Å². The van der Waals surface area contributed by atoms with E-state index in [9.17, 15) is 14.4 Å². The van der Waals surface area contributed by atoms with Crippen molar-refractivity contribution in [3.63, 3.8) is 0 Å². The molecule has 0 aliphatic rings. The number of nitrogens with one attached hydrogen (secondary N) is 1. The van der Waals surface area contributed by atoms with Gasteiger partial charge in [-0.3, -0.25) is 18.7 Å². The molecule has 0 fully saturated rings. The van der Waals surface area contributed by atoms with Crippen LogP contribution in [0.4, 0.5) is 5.82 Å². The topological polar surface area (TPSA) is 112 Å². The van der Waals surface area contributed by atoms with Gasteiger partial charge in [0, 0.05) is 31.3 Å². The Balaban J connectivity index is 1.98. The van der Waals surface area contributed by atoms with Crippen LogP contribution in [-0.4, -0.2) is 30.9 Å². The van der Waals surface area contributed by atoms with Crippen molar-refractivity contribution in [1.29, 1.82) is 0 Å². The number of hydrogen-bond donors (Lipinski definition) is 1. The van der Waals surface area contributed by atoms with Gasteiger partial charge in [0.05, 0.1) is 11.1 Å². The summed E-state index contributed by atoms with van der Waals surface area (Å²) < 4.78 is 7.30. The van der Waals surface area contributed by atoms with Gasteiger partial charge in [0.2, 0.25) is 5.91 Å². The monoisotopic (exact) mass is 389 g/mol. The predicted molar refractivity (Wildman–Crippen MR) is 102 cm³/mol. The number of thioether (sulfide) groups is 1. The van der Waals surface area contributed by atoms with E-state index in [1.807, 2.05) is 6.92 Å². The van der Waals surface area contributed by atoms with E-state index in [2.05, 4.69) is 15.5 Å². The summed E-state index contributed by atoms with van der Waals surface area (Å²) >= 11 is 1.23. The quantitative estimate of drug-likeness (QED) is 0.653. The summed E-state index contributed by atoms with van der Waals surface area (Å²) in [6, 6.07) is 1.62. The maximum atomic E-state index is 12.7. The van der Waals surface area contributed by atoms with Crippen LogP contribution in [0.2, 0.25) is 0 Å². The van der Waals surface area contributed by atoms with Crippen molar-refractivity contribution in [2.24, 2.45) is 14.1 Å². The van der Waals surface area contributed by atoms with E-state index in [-0.39, 0.29) is 11.7 Å². The Morgan fingerprint density at radius 1 is 1.30 bits per heavy atom. The van der Waals surface area contributed by atoms with E-state index in [4.69, 9.17) is 4.52 Å². The summed E-state index contributed by atoms with van der Waals surface area (Å²) in [4.78, 5) is 42.0. The zero-order valence-corrected chi connectivity index (χ0v) is 16.2. The third-order valence-corrected chi connectivity index (χ3v) is 5.28. The van der Waals surface area contributed by atoms with Gasteiger partial charge in [0.15, 0.2) is 5.82 Å². The van der Waals surface area contributed by atoms with Crippen LogP contribution in [0.5, 0.6) is 0 Å². The predicted octanol–water partition coefficient (Wildman–Crippen LogP) is 1.22. The molecule has 0 bridgehead atoms. The molecule has 3 aromatic heterocycles. The second-order valence-electron chi connectivity index (χ2n) is 6.03. The molecule has 0 spiro atoms. The van der Waals surface area contributed by atoms with Crippen molar-refractivity contribution in [3.8, 4) is 0 Å². The number of nitrogens with zero attached hydrogens (tertiary/aromatic N) is 4. The molecular formula is C17H19N5O4S. The highest BCUT2D eigenvalue weighted by Gasteiger charge is 2.18. The van der Waals surface area contributed by atoms with Crippen molar-refractivity contribution in [1.82, 2.24) is 19.3 Å². The van der Waals surface area contributed by atoms with E-state index < -0.39 is 11.2 Å². The SMILES string of the molecule is CCc1cnc2c(c1SCC(=O)Nc1cc(C)on1)c(=O)n(C)c(=O)n2C. The Hall–Kier alpha value is -2.88. The minimum atomic E-state index is -0.445. The number of rotatable bonds is 5. The van der Waals surface area contributed by atoms with E-state index in [0.29, 0.717) is 33.9 Å². The molecular weight excluding hydrogens is 370 g/mol. The van der Waals surface area contributed by atoms with Crippen LogP contribution in [0.25, 0.3) is 11.0 Å². The number of fused-ring (bicyclic) bond motifs is 1. The number of anilines is 1. The van der Waals surface area contributed by atoms with Crippen molar-refractivity contribution in [2.45, 2.75) is 25.2 Å². The highest BCUT2D eigenvalue weighted by Crippen LogP contribution is 2.28. The molecule has 27 heavy (non-hydrogen) atoms. The normalized spacial score (nSPS) is 11.1. The van der Waals surface area contributed by atoms with Gasteiger partial charge in [-0.05, 0) is 18.9 Å². The molecule has 3 aromatic rings. The first-order valence-electron chi connectivity index (χ1n) is 8.27. The van der Waals surface area contributed by atoms with Crippen molar-refractivity contribution in [3.05, 3.63) is 44.4 Å². The lowest BCUT2D eigenvalue weighted by atomic mass is 10.2. The molecule has 0 unspecified atom stereocenters. The summed E-state index contributed by atoms with van der Waals surface area (Å²) in [5.41, 5.74) is 0.272. The maximum absolute atomic E-state index is 12.7.